The molecule has 0 saturated heterocycles. The fraction of sp³-hybridized carbons (Fsp3) is 0.100. The van der Waals surface area contributed by atoms with Crippen LogP contribution in [0.3, 0.4) is 0 Å². The van der Waals surface area contributed by atoms with Gasteiger partial charge in [0.05, 0.1) is 0 Å². The van der Waals surface area contributed by atoms with Crippen molar-refractivity contribution in [2.24, 2.45) is 0 Å². The molecule has 16 heavy (non-hydrogen) atoms. The fourth-order valence-electron chi connectivity index (χ4n) is 1.04. The summed E-state index contributed by atoms with van der Waals surface area (Å²) in [5, 5.41) is 0.962. The fourth-order valence-corrected chi connectivity index (χ4v) is 1.55. The van der Waals surface area contributed by atoms with Gasteiger partial charge in [-0.15, -0.1) is 0 Å². The number of nitrogens with zero attached hydrogens (tertiary/aromatic N) is 3. The van der Waals surface area contributed by atoms with E-state index in [1.165, 1.54) is 11.8 Å². The van der Waals surface area contributed by atoms with Gasteiger partial charge >= 0.3 is 0 Å². The van der Waals surface area contributed by atoms with E-state index in [1.54, 1.807) is 30.6 Å². The van der Waals surface area contributed by atoms with E-state index >= 15 is 0 Å². The molecule has 0 bridgehead atoms. The first-order chi connectivity index (χ1) is 7.79. The lowest BCUT2D eigenvalue weighted by atomic mass is 10.4. The first kappa shape index (κ1) is 11.2. The van der Waals surface area contributed by atoms with E-state index in [1.807, 2.05) is 6.26 Å². The first-order valence-electron chi connectivity index (χ1n) is 4.45. The van der Waals surface area contributed by atoms with Crippen molar-refractivity contribution in [1.82, 2.24) is 15.0 Å². The lowest BCUT2D eigenvalue weighted by molar-refractivity contribution is 0.454. The smallest absolute Gasteiger partial charge is 0.223 e. The van der Waals surface area contributed by atoms with E-state index in [2.05, 4.69) is 15.0 Å². The molecule has 0 aliphatic carbocycles. The van der Waals surface area contributed by atoms with Gasteiger partial charge in [0.25, 0.3) is 0 Å². The Labute approximate surface area is 102 Å². The van der Waals surface area contributed by atoms with E-state index in [9.17, 15) is 0 Å². The van der Waals surface area contributed by atoms with Crippen LogP contribution in [0.2, 0.25) is 5.15 Å². The number of thioether (sulfide) groups is 1. The van der Waals surface area contributed by atoms with Crippen molar-refractivity contribution in [3.05, 3.63) is 35.7 Å². The molecular formula is C10H8ClN3OS. The Morgan fingerprint density at radius 3 is 2.88 bits per heavy atom. The number of rotatable bonds is 3. The summed E-state index contributed by atoms with van der Waals surface area (Å²) in [4.78, 5) is 12.1. The number of pyridine rings is 1. The molecule has 0 aliphatic rings. The molecule has 2 aromatic rings. The molecule has 6 heteroatoms. The molecule has 2 heterocycles. The molecule has 4 nitrogen and oxygen atoms in total. The van der Waals surface area contributed by atoms with Crippen LogP contribution in [0.5, 0.6) is 11.6 Å². The van der Waals surface area contributed by atoms with Crippen LogP contribution in [0.4, 0.5) is 0 Å². The summed E-state index contributed by atoms with van der Waals surface area (Å²) < 4.78 is 5.49. The highest BCUT2D eigenvalue weighted by Gasteiger charge is 2.04. The zero-order valence-electron chi connectivity index (χ0n) is 8.42. The average molecular weight is 254 g/mol. The van der Waals surface area contributed by atoms with Gasteiger partial charge in [0.2, 0.25) is 5.88 Å². The van der Waals surface area contributed by atoms with Crippen molar-refractivity contribution in [1.29, 1.82) is 0 Å². The minimum atomic E-state index is 0.312. The van der Waals surface area contributed by atoms with Crippen LogP contribution in [0, 0.1) is 0 Å². The lowest BCUT2D eigenvalue weighted by Crippen LogP contribution is -1.92. The largest absolute Gasteiger partial charge is 0.436 e. The third-order valence-electron chi connectivity index (χ3n) is 1.73. The van der Waals surface area contributed by atoms with Crippen LogP contribution in [-0.2, 0) is 0 Å². The van der Waals surface area contributed by atoms with Crippen molar-refractivity contribution in [3.63, 3.8) is 0 Å². The second kappa shape index (κ2) is 5.14. The molecule has 0 fully saturated rings. The summed E-state index contributed by atoms with van der Waals surface area (Å²) in [7, 11) is 0. The predicted molar refractivity (Wildman–Crippen MR) is 63.1 cm³/mol. The molecule has 0 radical (unpaired) electrons. The van der Waals surface area contributed by atoms with Gasteiger partial charge in [0, 0.05) is 18.5 Å². The topological polar surface area (TPSA) is 47.9 Å². The van der Waals surface area contributed by atoms with Crippen LogP contribution in [0.1, 0.15) is 0 Å². The van der Waals surface area contributed by atoms with E-state index < -0.39 is 0 Å². The summed E-state index contributed by atoms with van der Waals surface area (Å²) >= 11 is 7.31. The van der Waals surface area contributed by atoms with Gasteiger partial charge in [-0.2, -0.15) is 4.98 Å². The normalized spacial score (nSPS) is 10.1. The average Bonchev–Trinajstić information content (AvgIpc) is 2.32. The maximum atomic E-state index is 5.86. The Morgan fingerprint density at radius 1 is 1.25 bits per heavy atom. The molecule has 2 aromatic heterocycles. The number of ether oxygens (including phenoxy) is 1. The van der Waals surface area contributed by atoms with Gasteiger partial charge in [-0.1, -0.05) is 23.4 Å². The number of hydrogen-bond donors (Lipinski definition) is 0. The van der Waals surface area contributed by atoms with Gasteiger partial charge in [0.1, 0.15) is 0 Å². The van der Waals surface area contributed by atoms with Gasteiger partial charge in [0.15, 0.2) is 16.1 Å². The molecule has 0 amide bonds. The molecule has 82 valence electrons. The Morgan fingerprint density at radius 2 is 2.12 bits per heavy atom. The monoisotopic (exact) mass is 253 g/mol. The zero-order chi connectivity index (χ0) is 11.4. The Bertz CT molecular complexity index is 495. The SMILES string of the molecule is CSc1nccc(Oc2cccnc2Cl)n1. The number of hydrogen-bond acceptors (Lipinski definition) is 5. The third-order valence-corrected chi connectivity index (χ3v) is 2.58. The van der Waals surface area contributed by atoms with E-state index in [0.717, 1.165) is 0 Å². The number of aromatic nitrogens is 3. The van der Waals surface area contributed by atoms with Gasteiger partial charge in [-0.3, -0.25) is 0 Å². The van der Waals surface area contributed by atoms with Gasteiger partial charge in [-0.25, -0.2) is 9.97 Å². The van der Waals surface area contributed by atoms with Crippen LogP contribution in [-0.4, -0.2) is 21.2 Å². The van der Waals surface area contributed by atoms with E-state index in [0.29, 0.717) is 21.9 Å². The minimum Gasteiger partial charge on any atom is -0.436 e. The van der Waals surface area contributed by atoms with E-state index in [-0.39, 0.29) is 0 Å². The van der Waals surface area contributed by atoms with Crippen LogP contribution in [0.15, 0.2) is 35.7 Å². The second-order valence-corrected chi connectivity index (χ2v) is 3.91. The van der Waals surface area contributed by atoms with Crippen LogP contribution < -0.4 is 4.74 Å². The van der Waals surface area contributed by atoms with Crippen molar-refractivity contribution in [2.75, 3.05) is 6.26 Å². The molecule has 0 aliphatic heterocycles. The van der Waals surface area contributed by atoms with Crippen LogP contribution >= 0.6 is 23.4 Å². The summed E-state index contributed by atoms with van der Waals surface area (Å²) in [5.74, 6) is 0.934. The highest BCUT2D eigenvalue weighted by molar-refractivity contribution is 7.98. The van der Waals surface area contributed by atoms with Crippen molar-refractivity contribution in [3.8, 4) is 11.6 Å². The maximum Gasteiger partial charge on any atom is 0.223 e. The lowest BCUT2D eigenvalue weighted by Gasteiger charge is -2.05. The molecule has 2 rings (SSSR count). The Kier molecular flexibility index (Phi) is 3.58. The Balaban J connectivity index is 2.24. The third kappa shape index (κ3) is 2.62. The molecule has 0 unspecified atom stereocenters. The van der Waals surface area contributed by atoms with Crippen molar-refractivity contribution >= 4 is 23.4 Å². The van der Waals surface area contributed by atoms with Crippen molar-refractivity contribution in [2.45, 2.75) is 5.16 Å². The minimum absolute atomic E-state index is 0.312. The molecule has 0 aromatic carbocycles. The predicted octanol–water partition coefficient (Wildman–Crippen LogP) is 3.04. The standard InChI is InChI=1S/C10H8ClN3OS/c1-16-10-13-6-4-8(14-10)15-7-3-2-5-12-9(7)11/h2-6H,1H3. The molecule has 0 N–H and O–H groups in total. The molecular weight excluding hydrogens is 246 g/mol. The Hall–Kier alpha value is -1.33. The van der Waals surface area contributed by atoms with Gasteiger partial charge in [-0.05, 0) is 18.4 Å². The second-order valence-electron chi connectivity index (χ2n) is 2.78. The quantitative estimate of drug-likeness (QED) is 0.478. The summed E-state index contributed by atoms with van der Waals surface area (Å²) in [6.07, 6.45) is 5.14. The zero-order valence-corrected chi connectivity index (χ0v) is 10.00. The van der Waals surface area contributed by atoms with Crippen molar-refractivity contribution < 1.29 is 4.74 Å². The van der Waals surface area contributed by atoms with Crippen LogP contribution in [0.25, 0.3) is 0 Å². The van der Waals surface area contributed by atoms with E-state index in [4.69, 9.17) is 16.3 Å². The molecule has 0 saturated carbocycles. The highest BCUT2D eigenvalue weighted by Crippen LogP contribution is 2.26. The number of halogens is 1. The molecule has 0 spiro atoms. The highest BCUT2D eigenvalue weighted by atomic mass is 35.5. The summed E-state index contributed by atoms with van der Waals surface area (Å²) in [6.45, 7) is 0. The summed E-state index contributed by atoms with van der Waals surface area (Å²) in [5.41, 5.74) is 0. The summed E-state index contributed by atoms with van der Waals surface area (Å²) in [6, 6.07) is 5.15. The first-order valence-corrected chi connectivity index (χ1v) is 6.05. The maximum absolute atomic E-state index is 5.86. The molecule has 0 atom stereocenters. The van der Waals surface area contributed by atoms with Gasteiger partial charge < -0.3 is 4.74 Å².